The first-order valence-electron chi connectivity index (χ1n) is 7.34. The zero-order valence-corrected chi connectivity index (χ0v) is 12.8. The number of aromatic nitrogens is 1. The fourth-order valence-corrected chi connectivity index (χ4v) is 2.83. The minimum absolute atomic E-state index is 0.164. The summed E-state index contributed by atoms with van der Waals surface area (Å²) in [4.78, 5) is 29.0. The van der Waals surface area contributed by atoms with Crippen molar-refractivity contribution in [2.45, 2.75) is 19.9 Å². The van der Waals surface area contributed by atoms with Crippen molar-refractivity contribution in [1.82, 2.24) is 9.88 Å². The Bertz CT molecular complexity index is 780. The van der Waals surface area contributed by atoms with Crippen LogP contribution in [0.1, 0.15) is 27.0 Å². The molecule has 2 heterocycles. The highest BCUT2D eigenvalue weighted by Crippen LogP contribution is 2.22. The van der Waals surface area contributed by atoms with Gasteiger partial charge in [0.2, 0.25) is 0 Å². The van der Waals surface area contributed by atoms with E-state index in [0.29, 0.717) is 5.56 Å². The van der Waals surface area contributed by atoms with Crippen molar-refractivity contribution >= 4 is 11.6 Å². The summed E-state index contributed by atoms with van der Waals surface area (Å²) in [6.45, 7) is 3.69. The minimum atomic E-state index is -0.372. The van der Waals surface area contributed by atoms with Crippen LogP contribution in [0.15, 0.2) is 35.3 Å². The van der Waals surface area contributed by atoms with Crippen molar-refractivity contribution in [1.29, 1.82) is 0 Å². The number of amides is 1. The second-order valence-corrected chi connectivity index (χ2v) is 5.79. The maximum absolute atomic E-state index is 12.3. The van der Waals surface area contributed by atoms with Crippen LogP contribution in [0.4, 0.5) is 5.69 Å². The number of carbonyl (C=O) groups excluding carboxylic acids is 1. The highest BCUT2D eigenvalue weighted by atomic mass is 16.2. The molecule has 1 aromatic heterocycles. The Labute approximate surface area is 129 Å². The van der Waals surface area contributed by atoms with Crippen LogP contribution >= 0.6 is 0 Å². The average molecular weight is 297 g/mol. The smallest absolute Gasteiger partial charge is 0.261 e. The van der Waals surface area contributed by atoms with E-state index in [2.05, 4.69) is 28.3 Å². The highest BCUT2D eigenvalue weighted by molar-refractivity contribution is 6.05. The van der Waals surface area contributed by atoms with Gasteiger partial charge in [-0.1, -0.05) is 6.07 Å². The molecule has 1 aromatic carbocycles. The summed E-state index contributed by atoms with van der Waals surface area (Å²) in [5, 5.41) is 2.83. The lowest BCUT2D eigenvalue weighted by Gasteiger charge is -2.25. The lowest BCUT2D eigenvalue weighted by molar-refractivity contribution is 0.102. The lowest BCUT2D eigenvalue weighted by Crippen LogP contribution is -2.27. The first kappa shape index (κ1) is 14.5. The second kappa shape index (κ2) is 5.77. The molecular formula is C17H19N3O2. The van der Waals surface area contributed by atoms with E-state index in [1.165, 1.54) is 11.1 Å². The van der Waals surface area contributed by atoms with E-state index in [1.807, 2.05) is 12.1 Å². The molecule has 3 rings (SSSR count). The van der Waals surface area contributed by atoms with Crippen molar-refractivity contribution in [3.63, 3.8) is 0 Å². The molecule has 2 aromatic rings. The normalized spacial score (nSPS) is 14.5. The summed E-state index contributed by atoms with van der Waals surface area (Å²) in [5.41, 5.74) is 3.74. The Hall–Kier alpha value is -2.40. The number of nitrogens with one attached hydrogen (secondary N) is 2. The van der Waals surface area contributed by atoms with Crippen molar-refractivity contribution in [3.05, 3.63) is 63.1 Å². The Kier molecular flexibility index (Phi) is 3.81. The molecule has 2 N–H and O–H groups in total. The number of hydrogen-bond donors (Lipinski definition) is 2. The van der Waals surface area contributed by atoms with Crippen LogP contribution in [-0.4, -0.2) is 29.4 Å². The summed E-state index contributed by atoms with van der Waals surface area (Å²) in [6.07, 6.45) is 2.57. The number of rotatable bonds is 2. The Balaban J connectivity index is 1.86. The quantitative estimate of drug-likeness (QED) is 0.890. The van der Waals surface area contributed by atoms with Crippen LogP contribution in [0.5, 0.6) is 0 Å². The first-order chi connectivity index (χ1) is 10.5. The standard InChI is InChI=1S/C17H19N3O2/c1-11-5-7-18-16(21)15(11)17(22)19-14-4-3-12-6-8-20(2)10-13(12)9-14/h3-5,7,9H,6,8,10H2,1-2H3,(H,18,21)(H,19,22). The van der Waals surface area contributed by atoms with E-state index >= 15 is 0 Å². The number of fused-ring (bicyclic) bond motifs is 1. The Morgan fingerprint density at radius 1 is 1.27 bits per heavy atom. The molecule has 114 valence electrons. The molecule has 1 amide bonds. The Morgan fingerprint density at radius 2 is 2.09 bits per heavy atom. The zero-order chi connectivity index (χ0) is 15.7. The zero-order valence-electron chi connectivity index (χ0n) is 12.8. The topological polar surface area (TPSA) is 65.2 Å². The number of carbonyl (C=O) groups is 1. The fraction of sp³-hybridized carbons (Fsp3) is 0.294. The van der Waals surface area contributed by atoms with Gasteiger partial charge in [-0.2, -0.15) is 0 Å². The summed E-state index contributed by atoms with van der Waals surface area (Å²) in [6, 6.07) is 7.67. The van der Waals surface area contributed by atoms with Crippen molar-refractivity contribution < 1.29 is 4.79 Å². The van der Waals surface area contributed by atoms with Crippen molar-refractivity contribution in [2.24, 2.45) is 0 Å². The number of H-pyrrole nitrogens is 1. The molecule has 0 aliphatic carbocycles. The molecule has 0 unspecified atom stereocenters. The van der Waals surface area contributed by atoms with Gasteiger partial charge < -0.3 is 15.2 Å². The second-order valence-electron chi connectivity index (χ2n) is 5.79. The van der Waals surface area contributed by atoms with Gasteiger partial charge in [0.1, 0.15) is 5.56 Å². The summed E-state index contributed by atoms with van der Waals surface area (Å²) in [7, 11) is 2.08. The molecule has 0 saturated heterocycles. The third-order valence-electron chi connectivity index (χ3n) is 4.06. The third kappa shape index (κ3) is 2.80. The number of nitrogens with zero attached hydrogens (tertiary/aromatic N) is 1. The van der Waals surface area contributed by atoms with Crippen LogP contribution in [0.25, 0.3) is 0 Å². The van der Waals surface area contributed by atoms with Gasteiger partial charge >= 0.3 is 0 Å². The number of aromatic amines is 1. The monoisotopic (exact) mass is 297 g/mol. The van der Waals surface area contributed by atoms with Crippen LogP contribution in [0.2, 0.25) is 0 Å². The van der Waals surface area contributed by atoms with Gasteiger partial charge in [-0.25, -0.2) is 0 Å². The van der Waals surface area contributed by atoms with Gasteiger partial charge in [-0.3, -0.25) is 9.59 Å². The summed E-state index contributed by atoms with van der Waals surface area (Å²) < 4.78 is 0. The Morgan fingerprint density at radius 3 is 2.86 bits per heavy atom. The minimum Gasteiger partial charge on any atom is -0.328 e. The first-order valence-corrected chi connectivity index (χ1v) is 7.34. The average Bonchev–Trinajstić information content (AvgIpc) is 2.46. The number of likely N-dealkylation sites (N-methyl/N-ethyl adjacent to an activating group) is 1. The van der Waals surface area contributed by atoms with Crippen LogP contribution in [-0.2, 0) is 13.0 Å². The maximum Gasteiger partial charge on any atom is 0.261 e. The van der Waals surface area contributed by atoms with E-state index in [0.717, 1.165) is 25.2 Å². The van der Waals surface area contributed by atoms with Crippen LogP contribution < -0.4 is 10.9 Å². The van der Waals surface area contributed by atoms with E-state index < -0.39 is 0 Å². The van der Waals surface area contributed by atoms with E-state index in [1.54, 1.807) is 19.2 Å². The molecule has 0 radical (unpaired) electrons. The number of anilines is 1. The van der Waals surface area contributed by atoms with E-state index in [4.69, 9.17) is 0 Å². The van der Waals surface area contributed by atoms with E-state index in [9.17, 15) is 9.59 Å². The number of hydrogen-bond acceptors (Lipinski definition) is 3. The maximum atomic E-state index is 12.3. The van der Waals surface area contributed by atoms with Crippen molar-refractivity contribution in [3.8, 4) is 0 Å². The van der Waals surface area contributed by atoms with Gasteiger partial charge in [0.15, 0.2) is 0 Å². The van der Waals surface area contributed by atoms with Gasteiger partial charge in [0, 0.05) is 25.0 Å². The van der Waals surface area contributed by atoms with Gasteiger partial charge in [-0.05, 0) is 55.3 Å². The number of aryl methyl sites for hydroxylation is 1. The molecule has 5 heteroatoms. The molecule has 1 aliphatic rings. The molecule has 5 nitrogen and oxygen atoms in total. The molecule has 0 atom stereocenters. The fourth-order valence-electron chi connectivity index (χ4n) is 2.83. The third-order valence-corrected chi connectivity index (χ3v) is 4.06. The van der Waals surface area contributed by atoms with E-state index in [-0.39, 0.29) is 17.0 Å². The highest BCUT2D eigenvalue weighted by Gasteiger charge is 2.16. The largest absolute Gasteiger partial charge is 0.328 e. The van der Waals surface area contributed by atoms with Gasteiger partial charge in [0.25, 0.3) is 11.5 Å². The number of benzene rings is 1. The van der Waals surface area contributed by atoms with Crippen molar-refractivity contribution in [2.75, 3.05) is 18.9 Å². The molecule has 22 heavy (non-hydrogen) atoms. The van der Waals surface area contributed by atoms with Gasteiger partial charge in [-0.15, -0.1) is 0 Å². The summed E-state index contributed by atoms with van der Waals surface area (Å²) >= 11 is 0. The molecule has 0 bridgehead atoms. The lowest BCUT2D eigenvalue weighted by atomic mass is 9.99. The molecular weight excluding hydrogens is 278 g/mol. The predicted octanol–water partition coefficient (Wildman–Crippen LogP) is 1.92. The summed E-state index contributed by atoms with van der Waals surface area (Å²) in [5.74, 6) is -0.372. The molecule has 0 spiro atoms. The molecule has 1 aliphatic heterocycles. The molecule has 0 saturated carbocycles. The van der Waals surface area contributed by atoms with Gasteiger partial charge in [0.05, 0.1) is 0 Å². The van der Waals surface area contributed by atoms with Crippen LogP contribution in [0.3, 0.4) is 0 Å². The molecule has 0 fully saturated rings. The predicted molar refractivity (Wildman–Crippen MR) is 86.2 cm³/mol. The van der Waals surface area contributed by atoms with Crippen LogP contribution in [0, 0.1) is 6.92 Å². The SMILES string of the molecule is Cc1cc[nH]c(=O)c1C(=O)Nc1ccc2c(c1)CN(C)CC2. The number of pyridine rings is 1.